The minimum atomic E-state index is -1.30. The normalized spacial score (nSPS) is 23.8. The fourth-order valence-corrected chi connectivity index (χ4v) is 4.10. The zero-order chi connectivity index (χ0) is 25.2. The minimum Gasteiger partial charge on any atom is -0.463 e. The summed E-state index contributed by atoms with van der Waals surface area (Å²) < 4.78 is 29.9. The Balaban J connectivity index is 1.57. The molecule has 0 spiro atoms. The molecule has 1 fully saturated rings. The highest BCUT2D eigenvalue weighted by molar-refractivity contribution is 5.65. The molecule has 7 heteroatoms. The van der Waals surface area contributed by atoms with Gasteiger partial charge < -0.3 is 28.8 Å². The van der Waals surface area contributed by atoms with Crippen LogP contribution in [-0.2, 0) is 48.3 Å². The fourth-order valence-electron chi connectivity index (χ4n) is 4.10. The second-order valence-electron chi connectivity index (χ2n) is 8.65. The highest BCUT2D eigenvalue weighted by atomic mass is 16.7. The molecular weight excluding hydrogens is 460 g/mol. The Morgan fingerprint density at radius 2 is 1.11 bits per heavy atom. The molecule has 0 aromatic heterocycles. The Morgan fingerprint density at radius 1 is 0.694 bits per heavy atom. The lowest BCUT2D eigenvalue weighted by Gasteiger charge is -2.44. The van der Waals surface area contributed by atoms with Crippen LogP contribution in [0.1, 0.15) is 23.6 Å². The molecule has 190 valence electrons. The van der Waals surface area contributed by atoms with Crippen LogP contribution in [-0.4, -0.2) is 48.4 Å². The number of esters is 1. The van der Waals surface area contributed by atoms with Gasteiger partial charge in [-0.2, -0.15) is 0 Å². The second-order valence-corrected chi connectivity index (χ2v) is 8.65. The topological polar surface area (TPSA) is 83.5 Å². The Bertz CT molecular complexity index is 1040. The van der Waals surface area contributed by atoms with Crippen LogP contribution in [0.4, 0.5) is 0 Å². The minimum absolute atomic E-state index is 0.0809. The second kappa shape index (κ2) is 13.3. The van der Waals surface area contributed by atoms with Crippen LogP contribution in [0.15, 0.2) is 91.0 Å². The molecule has 0 unspecified atom stereocenters. The van der Waals surface area contributed by atoms with Crippen molar-refractivity contribution in [3.8, 4) is 0 Å². The predicted octanol–water partition coefficient (Wildman–Crippen LogP) is 4.02. The van der Waals surface area contributed by atoms with E-state index in [1.54, 1.807) is 0 Å². The number of carbonyl (C=O) groups excluding carboxylic acids is 1. The third-order valence-electron chi connectivity index (χ3n) is 5.92. The molecule has 0 amide bonds. The number of aliphatic hydroxyl groups is 1. The summed E-state index contributed by atoms with van der Waals surface area (Å²) in [6.07, 6.45) is -4.24. The summed E-state index contributed by atoms with van der Waals surface area (Å²) in [5.74, 6) is -0.445. The fraction of sp³-hybridized carbons (Fsp3) is 0.345. The lowest BCUT2D eigenvalue weighted by atomic mass is 9.98. The summed E-state index contributed by atoms with van der Waals surface area (Å²) in [6.45, 7) is 2.08. The van der Waals surface area contributed by atoms with Gasteiger partial charge in [0.2, 0.25) is 0 Å². The maximum atomic E-state index is 11.5. The quantitative estimate of drug-likeness (QED) is 0.405. The van der Waals surface area contributed by atoms with Gasteiger partial charge in [0.05, 0.1) is 19.8 Å². The number of aliphatic hydroxyl groups excluding tert-OH is 1. The van der Waals surface area contributed by atoms with E-state index in [1.807, 2.05) is 91.0 Å². The van der Waals surface area contributed by atoms with Crippen LogP contribution in [0.3, 0.4) is 0 Å². The van der Waals surface area contributed by atoms with Gasteiger partial charge in [-0.15, -0.1) is 0 Å². The first-order valence-corrected chi connectivity index (χ1v) is 12.0. The van der Waals surface area contributed by atoms with Gasteiger partial charge in [0.15, 0.2) is 6.29 Å². The molecule has 1 N–H and O–H groups in total. The molecular formula is C29H32O7. The molecule has 1 aliphatic heterocycles. The van der Waals surface area contributed by atoms with Gasteiger partial charge in [-0.05, 0) is 16.7 Å². The number of ether oxygens (including phenoxy) is 5. The number of carbonyl (C=O) groups is 1. The van der Waals surface area contributed by atoms with Crippen LogP contribution in [0.5, 0.6) is 0 Å². The SMILES string of the molecule is CC(=O)OC[C@H]1O[C@@H](O)[C@H](OCc2ccccc2)[C@@H](OCc2ccccc2)[C@H]1OCc1ccccc1. The van der Waals surface area contributed by atoms with Crippen molar-refractivity contribution in [3.63, 3.8) is 0 Å². The highest BCUT2D eigenvalue weighted by Gasteiger charge is 2.48. The lowest BCUT2D eigenvalue weighted by Crippen LogP contribution is -2.61. The van der Waals surface area contributed by atoms with Crippen LogP contribution in [0.2, 0.25) is 0 Å². The summed E-state index contributed by atoms with van der Waals surface area (Å²) in [5, 5.41) is 10.9. The summed E-state index contributed by atoms with van der Waals surface area (Å²) in [5.41, 5.74) is 2.90. The Labute approximate surface area is 211 Å². The molecule has 0 aliphatic carbocycles. The predicted molar refractivity (Wildman–Crippen MR) is 133 cm³/mol. The average Bonchev–Trinajstić information content (AvgIpc) is 2.91. The summed E-state index contributed by atoms with van der Waals surface area (Å²) in [4.78, 5) is 11.5. The smallest absolute Gasteiger partial charge is 0.302 e. The maximum absolute atomic E-state index is 11.5. The molecule has 5 atom stereocenters. The summed E-state index contributed by atoms with van der Waals surface area (Å²) >= 11 is 0. The zero-order valence-corrected chi connectivity index (χ0v) is 20.3. The van der Waals surface area contributed by atoms with Gasteiger partial charge in [0, 0.05) is 6.92 Å². The Morgan fingerprint density at radius 3 is 1.56 bits per heavy atom. The summed E-state index contributed by atoms with van der Waals surface area (Å²) in [6, 6.07) is 29.2. The molecule has 0 saturated carbocycles. The van der Waals surface area contributed by atoms with Gasteiger partial charge >= 0.3 is 5.97 Å². The molecule has 0 bridgehead atoms. The van der Waals surface area contributed by atoms with Crippen molar-refractivity contribution in [2.24, 2.45) is 0 Å². The van der Waals surface area contributed by atoms with Gasteiger partial charge in [-0.1, -0.05) is 91.0 Å². The molecule has 0 radical (unpaired) electrons. The van der Waals surface area contributed by atoms with Crippen LogP contribution in [0.25, 0.3) is 0 Å². The maximum Gasteiger partial charge on any atom is 0.302 e. The molecule has 1 heterocycles. The first-order valence-electron chi connectivity index (χ1n) is 12.0. The van der Waals surface area contributed by atoms with Gasteiger partial charge in [-0.3, -0.25) is 4.79 Å². The van der Waals surface area contributed by atoms with E-state index in [-0.39, 0.29) is 26.4 Å². The molecule has 7 nitrogen and oxygen atoms in total. The van der Waals surface area contributed by atoms with E-state index in [1.165, 1.54) is 6.92 Å². The van der Waals surface area contributed by atoms with Crippen molar-refractivity contribution in [2.45, 2.75) is 57.5 Å². The number of hydrogen-bond donors (Lipinski definition) is 1. The monoisotopic (exact) mass is 492 g/mol. The van der Waals surface area contributed by atoms with Crippen molar-refractivity contribution in [1.29, 1.82) is 0 Å². The molecule has 1 aliphatic rings. The van der Waals surface area contributed by atoms with Crippen LogP contribution < -0.4 is 0 Å². The van der Waals surface area contributed by atoms with Crippen molar-refractivity contribution < 1.29 is 33.6 Å². The van der Waals surface area contributed by atoms with Gasteiger partial charge in [0.25, 0.3) is 0 Å². The third-order valence-corrected chi connectivity index (χ3v) is 5.92. The molecule has 36 heavy (non-hydrogen) atoms. The summed E-state index contributed by atoms with van der Waals surface area (Å²) in [7, 11) is 0. The molecule has 4 rings (SSSR count). The Hall–Kier alpha value is -3.07. The first-order chi connectivity index (χ1) is 17.6. The van der Waals surface area contributed by atoms with Crippen LogP contribution in [0, 0.1) is 0 Å². The van der Waals surface area contributed by atoms with Gasteiger partial charge in [-0.25, -0.2) is 0 Å². The van der Waals surface area contributed by atoms with Crippen molar-refractivity contribution >= 4 is 5.97 Å². The molecule has 3 aromatic rings. The number of rotatable bonds is 11. The van der Waals surface area contributed by atoms with E-state index in [0.29, 0.717) is 0 Å². The molecule has 3 aromatic carbocycles. The largest absolute Gasteiger partial charge is 0.463 e. The van der Waals surface area contributed by atoms with Crippen molar-refractivity contribution in [2.75, 3.05) is 6.61 Å². The third kappa shape index (κ3) is 7.46. The number of hydrogen-bond acceptors (Lipinski definition) is 7. The highest BCUT2D eigenvalue weighted by Crippen LogP contribution is 2.30. The van der Waals surface area contributed by atoms with E-state index >= 15 is 0 Å². The molecule has 1 saturated heterocycles. The zero-order valence-electron chi connectivity index (χ0n) is 20.3. The lowest BCUT2D eigenvalue weighted by molar-refractivity contribution is -0.315. The average molecular weight is 493 g/mol. The van der Waals surface area contributed by atoms with E-state index in [9.17, 15) is 9.90 Å². The van der Waals surface area contributed by atoms with Crippen molar-refractivity contribution in [3.05, 3.63) is 108 Å². The van der Waals surface area contributed by atoms with Crippen molar-refractivity contribution in [1.82, 2.24) is 0 Å². The standard InChI is InChI=1S/C29H32O7/c1-21(30)32-20-25-26(33-17-22-11-5-2-6-12-22)27(34-18-23-13-7-3-8-14-23)28(29(31)36-25)35-19-24-15-9-4-10-16-24/h2-16,25-29,31H,17-20H2,1H3/t25-,26+,27+,28-,29-/m1/s1. The number of benzene rings is 3. The van der Waals surface area contributed by atoms with E-state index in [2.05, 4.69) is 0 Å². The van der Waals surface area contributed by atoms with E-state index in [4.69, 9.17) is 23.7 Å². The van der Waals surface area contributed by atoms with E-state index < -0.39 is 36.7 Å². The van der Waals surface area contributed by atoms with E-state index in [0.717, 1.165) is 16.7 Å². The van der Waals surface area contributed by atoms with Gasteiger partial charge in [0.1, 0.15) is 31.0 Å². The Kier molecular flexibility index (Phi) is 9.61. The van der Waals surface area contributed by atoms with Crippen LogP contribution >= 0.6 is 0 Å². The first kappa shape index (κ1) is 26.0.